The molecule has 0 aliphatic rings. The SMILES string of the molecule is Cc1cc(C)c(C#N)c(N(CCN)Cc2ccccc2)n1. The monoisotopic (exact) mass is 280 g/mol. The second-order valence-corrected chi connectivity index (χ2v) is 5.09. The number of nitrogens with two attached hydrogens (primary N) is 1. The predicted octanol–water partition coefficient (Wildman–Crippen LogP) is 2.54. The van der Waals surface area contributed by atoms with E-state index in [2.05, 4.69) is 28.1 Å². The Balaban J connectivity index is 2.41. The van der Waals surface area contributed by atoms with Crippen molar-refractivity contribution >= 4 is 5.82 Å². The lowest BCUT2D eigenvalue weighted by molar-refractivity contribution is 0.771. The molecule has 1 aromatic carbocycles. The minimum atomic E-state index is 0.520. The molecule has 4 nitrogen and oxygen atoms in total. The summed E-state index contributed by atoms with van der Waals surface area (Å²) in [5.74, 6) is 0.726. The Hall–Kier alpha value is -2.38. The quantitative estimate of drug-likeness (QED) is 0.914. The highest BCUT2D eigenvalue weighted by Crippen LogP contribution is 2.23. The van der Waals surface area contributed by atoms with Crippen molar-refractivity contribution in [3.05, 3.63) is 58.8 Å². The third-order valence-electron chi connectivity index (χ3n) is 3.35. The van der Waals surface area contributed by atoms with Gasteiger partial charge in [-0.2, -0.15) is 5.26 Å². The lowest BCUT2D eigenvalue weighted by Crippen LogP contribution is -2.30. The van der Waals surface area contributed by atoms with Crippen molar-refractivity contribution in [1.29, 1.82) is 5.26 Å². The molecule has 0 atom stereocenters. The van der Waals surface area contributed by atoms with E-state index < -0.39 is 0 Å². The molecule has 0 fully saturated rings. The Kier molecular flexibility index (Phi) is 4.91. The van der Waals surface area contributed by atoms with Crippen molar-refractivity contribution in [3.63, 3.8) is 0 Å². The Morgan fingerprint density at radius 2 is 1.95 bits per heavy atom. The Bertz CT molecular complexity index is 644. The number of hydrogen-bond donors (Lipinski definition) is 1. The van der Waals surface area contributed by atoms with Gasteiger partial charge in [0.25, 0.3) is 0 Å². The maximum absolute atomic E-state index is 9.43. The van der Waals surface area contributed by atoms with Crippen LogP contribution in [0.3, 0.4) is 0 Å². The number of aryl methyl sites for hydroxylation is 2. The first-order valence-electron chi connectivity index (χ1n) is 7.03. The van der Waals surface area contributed by atoms with Crippen molar-refractivity contribution in [2.24, 2.45) is 5.73 Å². The molecule has 0 spiro atoms. The van der Waals surface area contributed by atoms with Gasteiger partial charge >= 0.3 is 0 Å². The fourth-order valence-corrected chi connectivity index (χ4v) is 2.40. The topological polar surface area (TPSA) is 65.9 Å². The fraction of sp³-hybridized carbons (Fsp3) is 0.294. The summed E-state index contributed by atoms with van der Waals surface area (Å²) in [5.41, 5.74) is 9.41. The van der Waals surface area contributed by atoms with Crippen LogP contribution in [0.1, 0.15) is 22.4 Å². The molecule has 0 aliphatic heterocycles. The number of hydrogen-bond acceptors (Lipinski definition) is 4. The average molecular weight is 280 g/mol. The zero-order valence-electron chi connectivity index (χ0n) is 12.5. The van der Waals surface area contributed by atoms with Gasteiger partial charge in [0.2, 0.25) is 0 Å². The third kappa shape index (κ3) is 3.59. The van der Waals surface area contributed by atoms with E-state index in [0.717, 1.165) is 17.1 Å². The first kappa shape index (κ1) is 15.0. The Labute approximate surface area is 125 Å². The van der Waals surface area contributed by atoms with Crippen LogP contribution in [0.25, 0.3) is 0 Å². The van der Waals surface area contributed by atoms with E-state index in [1.165, 1.54) is 5.56 Å². The first-order chi connectivity index (χ1) is 10.2. The summed E-state index contributed by atoms with van der Waals surface area (Å²) < 4.78 is 0. The predicted molar refractivity (Wildman–Crippen MR) is 85.0 cm³/mol. The van der Waals surface area contributed by atoms with Crippen LogP contribution in [0.5, 0.6) is 0 Å². The van der Waals surface area contributed by atoms with Crippen LogP contribution in [0.4, 0.5) is 5.82 Å². The molecule has 1 aromatic heterocycles. The maximum atomic E-state index is 9.43. The second-order valence-electron chi connectivity index (χ2n) is 5.09. The Morgan fingerprint density at radius 3 is 2.57 bits per heavy atom. The minimum Gasteiger partial charge on any atom is -0.350 e. The largest absolute Gasteiger partial charge is 0.350 e. The average Bonchev–Trinajstić information content (AvgIpc) is 2.47. The fourth-order valence-electron chi connectivity index (χ4n) is 2.40. The molecule has 0 unspecified atom stereocenters. The van der Waals surface area contributed by atoms with E-state index in [4.69, 9.17) is 5.73 Å². The molecule has 4 heteroatoms. The molecule has 0 radical (unpaired) electrons. The van der Waals surface area contributed by atoms with Gasteiger partial charge in [-0.25, -0.2) is 4.98 Å². The zero-order valence-corrected chi connectivity index (χ0v) is 12.5. The molecular weight excluding hydrogens is 260 g/mol. The molecule has 0 amide bonds. The molecule has 2 rings (SSSR count). The third-order valence-corrected chi connectivity index (χ3v) is 3.35. The van der Waals surface area contributed by atoms with Crippen molar-refractivity contribution in [1.82, 2.24) is 4.98 Å². The minimum absolute atomic E-state index is 0.520. The van der Waals surface area contributed by atoms with Crippen LogP contribution >= 0.6 is 0 Å². The molecule has 2 aromatic rings. The van der Waals surface area contributed by atoms with Crippen LogP contribution in [-0.2, 0) is 6.54 Å². The molecule has 0 saturated heterocycles. The summed E-state index contributed by atoms with van der Waals surface area (Å²) in [6.45, 7) is 5.77. The number of aromatic nitrogens is 1. The first-order valence-corrected chi connectivity index (χ1v) is 7.03. The molecule has 0 aliphatic carbocycles. The van der Waals surface area contributed by atoms with Crippen LogP contribution in [0.2, 0.25) is 0 Å². The summed E-state index contributed by atoms with van der Waals surface area (Å²) in [6.07, 6.45) is 0. The van der Waals surface area contributed by atoms with Gasteiger partial charge in [0.1, 0.15) is 11.9 Å². The Morgan fingerprint density at radius 1 is 1.24 bits per heavy atom. The van der Waals surface area contributed by atoms with Crippen molar-refractivity contribution in [3.8, 4) is 6.07 Å². The summed E-state index contributed by atoms with van der Waals surface area (Å²) in [7, 11) is 0. The molecule has 2 N–H and O–H groups in total. The van der Waals surface area contributed by atoms with Gasteiger partial charge in [-0.15, -0.1) is 0 Å². The number of benzene rings is 1. The van der Waals surface area contributed by atoms with Crippen LogP contribution < -0.4 is 10.6 Å². The van der Waals surface area contributed by atoms with Crippen molar-refractivity contribution < 1.29 is 0 Å². The van der Waals surface area contributed by atoms with Gasteiger partial charge < -0.3 is 10.6 Å². The normalized spacial score (nSPS) is 10.2. The van der Waals surface area contributed by atoms with Crippen molar-refractivity contribution in [2.75, 3.05) is 18.0 Å². The van der Waals surface area contributed by atoms with Crippen LogP contribution in [-0.4, -0.2) is 18.1 Å². The molecule has 0 bridgehead atoms. The summed E-state index contributed by atoms with van der Waals surface area (Å²) >= 11 is 0. The number of anilines is 1. The van der Waals surface area contributed by atoms with Gasteiger partial charge in [0, 0.05) is 25.3 Å². The molecule has 21 heavy (non-hydrogen) atoms. The van der Waals surface area contributed by atoms with E-state index in [1.807, 2.05) is 38.1 Å². The lowest BCUT2D eigenvalue weighted by atomic mass is 10.1. The number of nitriles is 1. The molecule has 1 heterocycles. The second kappa shape index (κ2) is 6.87. The van der Waals surface area contributed by atoms with Gasteiger partial charge in [-0.1, -0.05) is 30.3 Å². The summed E-state index contributed by atoms with van der Waals surface area (Å²) in [5, 5.41) is 9.43. The highest BCUT2D eigenvalue weighted by Gasteiger charge is 2.15. The highest BCUT2D eigenvalue weighted by molar-refractivity contribution is 5.58. The van der Waals surface area contributed by atoms with E-state index in [0.29, 0.717) is 25.2 Å². The number of rotatable bonds is 5. The summed E-state index contributed by atoms with van der Waals surface area (Å²) in [4.78, 5) is 6.65. The van der Waals surface area contributed by atoms with E-state index in [1.54, 1.807) is 0 Å². The van der Waals surface area contributed by atoms with E-state index in [9.17, 15) is 5.26 Å². The number of pyridine rings is 1. The van der Waals surface area contributed by atoms with Gasteiger partial charge in [0.05, 0.1) is 5.56 Å². The van der Waals surface area contributed by atoms with Crippen molar-refractivity contribution in [2.45, 2.75) is 20.4 Å². The van der Waals surface area contributed by atoms with Crippen LogP contribution in [0, 0.1) is 25.2 Å². The zero-order chi connectivity index (χ0) is 15.2. The van der Waals surface area contributed by atoms with E-state index in [-0.39, 0.29) is 0 Å². The van der Waals surface area contributed by atoms with Gasteiger partial charge in [0.15, 0.2) is 0 Å². The lowest BCUT2D eigenvalue weighted by Gasteiger charge is -2.25. The van der Waals surface area contributed by atoms with E-state index >= 15 is 0 Å². The number of nitrogens with zero attached hydrogens (tertiary/aromatic N) is 3. The molecule has 108 valence electrons. The molecular formula is C17H20N4. The van der Waals surface area contributed by atoms with Gasteiger partial charge in [-0.05, 0) is 31.0 Å². The highest BCUT2D eigenvalue weighted by atomic mass is 15.2. The van der Waals surface area contributed by atoms with Crippen LogP contribution in [0.15, 0.2) is 36.4 Å². The van der Waals surface area contributed by atoms with Gasteiger partial charge in [-0.3, -0.25) is 0 Å². The molecule has 0 saturated carbocycles. The maximum Gasteiger partial charge on any atom is 0.147 e. The summed E-state index contributed by atoms with van der Waals surface area (Å²) in [6, 6.07) is 14.4. The standard InChI is InChI=1S/C17H20N4/c1-13-10-14(2)20-17(16(13)11-19)21(9-8-18)12-15-6-4-3-5-7-15/h3-7,10H,8-9,12,18H2,1-2H3. The smallest absolute Gasteiger partial charge is 0.147 e.